The van der Waals surface area contributed by atoms with Crippen molar-refractivity contribution in [2.24, 2.45) is 0 Å². The number of fused-ring (bicyclic) bond motifs is 1. The molecule has 3 aromatic carbocycles. The molecule has 4 aromatic rings. The Balaban J connectivity index is 1.48. The molecule has 1 aromatic heterocycles. The van der Waals surface area contributed by atoms with E-state index in [4.69, 9.17) is 14.5 Å². The number of ether oxygens (including phenoxy) is 2. The molecule has 0 radical (unpaired) electrons. The molecule has 0 spiro atoms. The van der Waals surface area contributed by atoms with Gasteiger partial charge in [-0.3, -0.25) is 10.1 Å². The van der Waals surface area contributed by atoms with Crippen LogP contribution in [-0.4, -0.2) is 32.3 Å². The maximum absolute atomic E-state index is 10.8. The van der Waals surface area contributed by atoms with Crippen molar-refractivity contribution in [2.75, 3.05) is 6.61 Å². The van der Waals surface area contributed by atoms with Crippen molar-refractivity contribution in [1.29, 1.82) is 0 Å². The molecule has 8 nitrogen and oxygen atoms in total. The topological polar surface area (TPSA) is 99.7 Å². The summed E-state index contributed by atoms with van der Waals surface area (Å²) in [5.74, 6) is 1.99. The Morgan fingerprint density at radius 3 is 2.39 bits per heavy atom. The molecule has 1 atom stereocenters. The summed E-state index contributed by atoms with van der Waals surface area (Å²) in [6.07, 6.45) is -0.822. The molecule has 1 unspecified atom stereocenters. The lowest BCUT2D eigenvalue weighted by molar-refractivity contribution is -0.384. The van der Waals surface area contributed by atoms with E-state index in [1.165, 1.54) is 24.3 Å². The number of imidazole rings is 1. The fourth-order valence-corrected chi connectivity index (χ4v) is 3.72. The van der Waals surface area contributed by atoms with Crippen molar-refractivity contribution >= 4 is 16.7 Å². The number of hydrogen-bond acceptors (Lipinski definition) is 6. The first-order valence-electron chi connectivity index (χ1n) is 10.6. The van der Waals surface area contributed by atoms with Crippen molar-refractivity contribution in [3.63, 3.8) is 0 Å². The molecule has 0 fully saturated rings. The van der Waals surface area contributed by atoms with E-state index in [0.29, 0.717) is 11.6 Å². The zero-order valence-electron chi connectivity index (χ0n) is 18.5. The van der Waals surface area contributed by atoms with Gasteiger partial charge in [-0.25, -0.2) is 4.98 Å². The smallest absolute Gasteiger partial charge is 0.269 e. The molecule has 0 aliphatic heterocycles. The van der Waals surface area contributed by atoms with Crippen molar-refractivity contribution in [1.82, 2.24) is 9.55 Å². The second kappa shape index (κ2) is 9.70. The summed E-state index contributed by atoms with van der Waals surface area (Å²) in [4.78, 5) is 15.0. The predicted molar refractivity (Wildman–Crippen MR) is 125 cm³/mol. The summed E-state index contributed by atoms with van der Waals surface area (Å²) in [6, 6.07) is 19.5. The monoisotopic (exact) mass is 447 g/mol. The fourth-order valence-electron chi connectivity index (χ4n) is 3.72. The molecule has 1 heterocycles. The summed E-state index contributed by atoms with van der Waals surface area (Å²) in [7, 11) is 0. The quantitative estimate of drug-likeness (QED) is 0.298. The van der Waals surface area contributed by atoms with Crippen LogP contribution in [0.2, 0.25) is 0 Å². The minimum Gasteiger partial charge on any atom is -0.491 e. The maximum atomic E-state index is 10.8. The number of aryl methyl sites for hydroxylation is 2. The molecule has 0 amide bonds. The number of non-ortho nitro benzene ring substituents is 1. The van der Waals surface area contributed by atoms with E-state index in [-0.39, 0.29) is 25.4 Å². The number of hydrogen-bond donors (Lipinski definition) is 1. The summed E-state index contributed by atoms with van der Waals surface area (Å²) in [5.41, 5.74) is 3.80. The summed E-state index contributed by atoms with van der Waals surface area (Å²) < 4.78 is 13.7. The van der Waals surface area contributed by atoms with Crippen LogP contribution >= 0.6 is 0 Å². The lowest BCUT2D eigenvalue weighted by Crippen LogP contribution is -2.25. The molecular formula is C25H25N3O5. The first-order chi connectivity index (χ1) is 15.9. The molecule has 33 heavy (non-hydrogen) atoms. The minimum absolute atomic E-state index is 0.0127. The first-order valence-corrected chi connectivity index (χ1v) is 10.6. The highest BCUT2D eigenvalue weighted by molar-refractivity contribution is 5.75. The predicted octanol–water partition coefficient (Wildman–Crippen LogP) is 4.58. The molecule has 0 saturated carbocycles. The Hall–Kier alpha value is -3.91. The van der Waals surface area contributed by atoms with Crippen LogP contribution in [0, 0.1) is 24.0 Å². The van der Waals surface area contributed by atoms with Gasteiger partial charge in [-0.15, -0.1) is 0 Å². The molecule has 0 bridgehead atoms. The van der Waals surface area contributed by atoms with Gasteiger partial charge in [0.15, 0.2) is 0 Å². The number of benzene rings is 3. The van der Waals surface area contributed by atoms with Crippen LogP contribution < -0.4 is 9.47 Å². The van der Waals surface area contributed by atoms with Gasteiger partial charge in [0.05, 0.1) is 22.5 Å². The van der Waals surface area contributed by atoms with Gasteiger partial charge < -0.3 is 19.1 Å². The Bertz CT molecular complexity index is 1250. The van der Waals surface area contributed by atoms with E-state index < -0.39 is 11.0 Å². The molecule has 8 heteroatoms. The second-order valence-electron chi connectivity index (χ2n) is 7.85. The van der Waals surface area contributed by atoms with E-state index in [1.807, 2.05) is 60.9 Å². The highest BCUT2D eigenvalue weighted by Gasteiger charge is 2.16. The third-order valence-corrected chi connectivity index (χ3v) is 5.37. The molecule has 0 aliphatic carbocycles. The van der Waals surface area contributed by atoms with E-state index in [0.717, 1.165) is 27.9 Å². The first kappa shape index (κ1) is 22.3. The SMILES string of the molecule is Cc1cccc(C)c1OCc1nc2ccccc2n1CC(O)COc1ccc([N+](=O)[O-])cc1. The van der Waals surface area contributed by atoms with E-state index in [2.05, 4.69) is 0 Å². The molecule has 0 saturated heterocycles. The molecule has 0 aliphatic rings. The van der Waals surface area contributed by atoms with Crippen molar-refractivity contribution in [2.45, 2.75) is 33.1 Å². The summed E-state index contributed by atoms with van der Waals surface area (Å²) >= 11 is 0. The van der Waals surface area contributed by atoms with Gasteiger partial charge in [0, 0.05) is 12.1 Å². The minimum atomic E-state index is -0.822. The fraction of sp³-hybridized carbons (Fsp3) is 0.240. The standard InChI is InChI=1S/C25H25N3O5/c1-17-6-5-7-18(2)25(17)33-16-24-26-22-8-3-4-9-23(22)27(24)14-20(29)15-32-21-12-10-19(11-13-21)28(30)31/h3-13,20,29H,14-16H2,1-2H3. The lowest BCUT2D eigenvalue weighted by atomic mass is 10.1. The highest BCUT2D eigenvalue weighted by atomic mass is 16.6. The number of aliphatic hydroxyl groups is 1. The van der Waals surface area contributed by atoms with Crippen LogP contribution in [-0.2, 0) is 13.2 Å². The van der Waals surface area contributed by atoms with Gasteiger partial charge >= 0.3 is 0 Å². The molecule has 1 N–H and O–H groups in total. The van der Waals surface area contributed by atoms with Crippen LogP contribution in [0.4, 0.5) is 5.69 Å². The second-order valence-corrected chi connectivity index (χ2v) is 7.85. The van der Waals surface area contributed by atoms with Crippen LogP contribution in [0.3, 0.4) is 0 Å². The Kier molecular flexibility index (Phi) is 6.55. The number of nitro groups is 1. The largest absolute Gasteiger partial charge is 0.491 e. The third-order valence-electron chi connectivity index (χ3n) is 5.37. The van der Waals surface area contributed by atoms with Gasteiger partial charge in [0.25, 0.3) is 5.69 Å². The lowest BCUT2D eigenvalue weighted by Gasteiger charge is -2.17. The van der Waals surface area contributed by atoms with Crippen molar-refractivity contribution in [3.05, 3.63) is 93.8 Å². The summed E-state index contributed by atoms with van der Waals surface area (Å²) in [6.45, 7) is 4.56. The van der Waals surface area contributed by atoms with Crippen LogP contribution in [0.25, 0.3) is 11.0 Å². The Morgan fingerprint density at radius 2 is 1.70 bits per heavy atom. The number of nitrogens with zero attached hydrogens (tertiary/aromatic N) is 3. The number of nitro benzene ring substituents is 1. The Labute approximate surface area is 191 Å². The molecule has 4 rings (SSSR count). The average Bonchev–Trinajstić information content (AvgIpc) is 3.15. The van der Waals surface area contributed by atoms with Crippen LogP contribution in [0.15, 0.2) is 66.7 Å². The van der Waals surface area contributed by atoms with Crippen molar-refractivity contribution in [3.8, 4) is 11.5 Å². The van der Waals surface area contributed by atoms with E-state index in [1.54, 1.807) is 0 Å². The molecular weight excluding hydrogens is 422 g/mol. The van der Waals surface area contributed by atoms with Gasteiger partial charge in [-0.2, -0.15) is 0 Å². The highest BCUT2D eigenvalue weighted by Crippen LogP contribution is 2.25. The van der Waals surface area contributed by atoms with E-state index >= 15 is 0 Å². The van der Waals surface area contributed by atoms with Gasteiger partial charge in [0.1, 0.15) is 36.6 Å². The number of aromatic nitrogens is 2. The number of para-hydroxylation sites is 3. The van der Waals surface area contributed by atoms with Crippen molar-refractivity contribution < 1.29 is 19.5 Å². The third kappa shape index (κ3) is 5.12. The van der Waals surface area contributed by atoms with E-state index in [9.17, 15) is 15.2 Å². The number of rotatable bonds is 9. The van der Waals surface area contributed by atoms with Gasteiger partial charge in [-0.05, 0) is 49.2 Å². The maximum Gasteiger partial charge on any atom is 0.269 e. The van der Waals surface area contributed by atoms with Crippen LogP contribution in [0.5, 0.6) is 11.5 Å². The molecule has 170 valence electrons. The zero-order chi connectivity index (χ0) is 23.4. The normalized spacial score (nSPS) is 12.0. The zero-order valence-corrected chi connectivity index (χ0v) is 18.5. The Morgan fingerprint density at radius 1 is 1.00 bits per heavy atom. The average molecular weight is 447 g/mol. The van der Waals surface area contributed by atoms with Gasteiger partial charge in [0.2, 0.25) is 0 Å². The van der Waals surface area contributed by atoms with Gasteiger partial charge in [-0.1, -0.05) is 30.3 Å². The summed E-state index contributed by atoms with van der Waals surface area (Å²) in [5, 5.41) is 21.4. The van der Waals surface area contributed by atoms with Crippen LogP contribution in [0.1, 0.15) is 17.0 Å². The number of aliphatic hydroxyl groups excluding tert-OH is 1.